The smallest absolute Gasteiger partial charge is 0.145 e. The van der Waals surface area contributed by atoms with Gasteiger partial charge in [-0.1, -0.05) is 59.6 Å². The number of halogens is 2. The largest absolute Gasteiger partial charge is 0.379 e. The van der Waals surface area contributed by atoms with Gasteiger partial charge in [0.1, 0.15) is 11.6 Å². The zero-order valence-electron chi connectivity index (χ0n) is 23.9. The van der Waals surface area contributed by atoms with Gasteiger partial charge in [0.2, 0.25) is 0 Å². The Labute approximate surface area is 258 Å². The minimum atomic E-state index is 0.145. The van der Waals surface area contributed by atoms with Gasteiger partial charge in [-0.15, -0.1) is 0 Å². The van der Waals surface area contributed by atoms with Gasteiger partial charge >= 0.3 is 0 Å². The summed E-state index contributed by atoms with van der Waals surface area (Å²) in [5.41, 5.74) is 3.46. The molecule has 0 bridgehead atoms. The van der Waals surface area contributed by atoms with Crippen LogP contribution in [0.2, 0.25) is 10.0 Å². The van der Waals surface area contributed by atoms with Crippen molar-refractivity contribution in [2.45, 2.75) is 19.0 Å². The Bertz CT molecular complexity index is 1390. The molecule has 0 unspecified atom stereocenters. The molecule has 4 aromatic rings. The van der Waals surface area contributed by atoms with E-state index in [1.165, 1.54) is 11.1 Å². The predicted octanol–water partition coefficient (Wildman–Crippen LogP) is 5.98. The van der Waals surface area contributed by atoms with Gasteiger partial charge in [-0.25, -0.2) is 9.97 Å². The first-order valence-corrected chi connectivity index (χ1v) is 15.6. The first-order chi connectivity index (χ1) is 20.6. The number of nitrogens with one attached hydrogen (secondary N) is 1. The summed E-state index contributed by atoms with van der Waals surface area (Å²) in [6, 6.07) is 24.9. The molecule has 9 heteroatoms. The maximum absolute atomic E-state index is 6.22. The highest BCUT2D eigenvalue weighted by Crippen LogP contribution is 2.31. The molecule has 0 amide bonds. The van der Waals surface area contributed by atoms with Gasteiger partial charge in [0.25, 0.3) is 0 Å². The molecular weight excluding hydrogens is 567 g/mol. The number of benzene rings is 3. The number of nitrogens with zero attached hydrogens (tertiary/aromatic N) is 5. The standard InChI is InChI=1S/C33H38Cl2N6O/c34-27-10-6-25(7-11-27)32(26-8-12-28(35)13-9-26)41-18-16-40(17-19-41)24-31-37-30-5-2-1-4-29(30)33(38-31)36-14-3-15-39-20-22-42-23-21-39/h1-2,4-13,32H,3,14-24H2,(H,36,37,38). The second kappa shape index (κ2) is 14.1. The Hall–Kier alpha value is -2.78. The molecule has 2 aliphatic heterocycles. The summed E-state index contributed by atoms with van der Waals surface area (Å²) >= 11 is 12.4. The van der Waals surface area contributed by atoms with Crippen molar-refractivity contribution in [2.75, 3.05) is 70.9 Å². The Morgan fingerprint density at radius 3 is 2.05 bits per heavy atom. The van der Waals surface area contributed by atoms with Gasteiger partial charge in [0.15, 0.2) is 0 Å². The fourth-order valence-corrected chi connectivity index (χ4v) is 6.20. The minimum absolute atomic E-state index is 0.145. The van der Waals surface area contributed by atoms with Crippen LogP contribution in [0, 0.1) is 0 Å². The van der Waals surface area contributed by atoms with Crippen molar-refractivity contribution in [3.05, 3.63) is 99.8 Å². The number of anilines is 1. The third-order valence-electron chi connectivity index (χ3n) is 8.21. The van der Waals surface area contributed by atoms with E-state index in [1.54, 1.807) is 0 Å². The van der Waals surface area contributed by atoms with Gasteiger partial charge in [-0.3, -0.25) is 14.7 Å². The van der Waals surface area contributed by atoms with E-state index < -0.39 is 0 Å². The SMILES string of the molecule is Clc1ccc(C(c2ccc(Cl)cc2)N2CCN(Cc3nc(NCCCN4CCOCC4)c4ccccc4n3)CC2)cc1. The molecule has 3 aromatic carbocycles. The maximum Gasteiger partial charge on any atom is 0.145 e. The first-order valence-electron chi connectivity index (χ1n) is 14.9. The normalized spacial score (nSPS) is 17.2. The molecule has 220 valence electrons. The van der Waals surface area contributed by atoms with Crippen LogP contribution >= 0.6 is 23.2 Å². The van der Waals surface area contributed by atoms with Crippen molar-refractivity contribution in [1.29, 1.82) is 0 Å². The molecule has 0 saturated carbocycles. The summed E-state index contributed by atoms with van der Waals surface area (Å²) in [7, 11) is 0. The van der Waals surface area contributed by atoms with Gasteiger partial charge in [0.05, 0.1) is 31.3 Å². The molecule has 2 saturated heterocycles. The van der Waals surface area contributed by atoms with Crippen LogP contribution in [0.3, 0.4) is 0 Å². The summed E-state index contributed by atoms with van der Waals surface area (Å²) in [6.07, 6.45) is 1.07. The average molecular weight is 606 g/mol. The van der Waals surface area contributed by atoms with E-state index >= 15 is 0 Å². The molecule has 3 heterocycles. The van der Waals surface area contributed by atoms with Crippen molar-refractivity contribution < 1.29 is 4.74 Å². The minimum Gasteiger partial charge on any atom is -0.379 e. The van der Waals surface area contributed by atoms with Crippen LogP contribution in [-0.2, 0) is 11.3 Å². The molecule has 0 atom stereocenters. The van der Waals surface area contributed by atoms with Crippen LogP contribution in [0.5, 0.6) is 0 Å². The zero-order chi connectivity index (χ0) is 28.7. The third kappa shape index (κ3) is 7.40. The lowest BCUT2D eigenvalue weighted by Gasteiger charge is -2.39. The highest BCUT2D eigenvalue weighted by atomic mass is 35.5. The lowest BCUT2D eigenvalue weighted by molar-refractivity contribution is 0.0378. The number of rotatable bonds is 10. The van der Waals surface area contributed by atoms with Crippen LogP contribution in [0.15, 0.2) is 72.8 Å². The van der Waals surface area contributed by atoms with Crippen molar-refractivity contribution in [2.24, 2.45) is 0 Å². The number of hydrogen-bond acceptors (Lipinski definition) is 7. The fraction of sp³-hybridized carbons (Fsp3) is 0.394. The predicted molar refractivity (Wildman–Crippen MR) is 172 cm³/mol. The molecule has 6 rings (SSSR count). The van der Waals surface area contributed by atoms with Gasteiger partial charge in [0, 0.05) is 61.2 Å². The van der Waals surface area contributed by atoms with Gasteiger partial charge in [-0.05, 0) is 60.5 Å². The molecule has 7 nitrogen and oxygen atoms in total. The van der Waals surface area contributed by atoms with Gasteiger partial charge < -0.3 is 10.1 Å². The number of hydrogen-bond donors (Lipinski definition) is 1. The number of aromatic nitrogens is 2. The Morgan fingerprint density at radius 2 is 1.38 bits per heavy atom. The van der Waals surface area contributed by atoms with Crippen molar-refractivity contribution >= 4 is 39.9 Å². The van der Waals surface area contributed by atoms with Crippen LogP contribution in [-0.4, -0.2) is 90.2 Å². The zero-order valence-corrected chi connectivity index (χ0v) is 25.4. The quantitative estimate of drug-likeness (QED) is 0.223. The number of ether oxygens (including phenoxy) is 1. The van der Waals surface area contributed by atoms with Crippen LogP contribution < -0.4 is 5.32 Å². The monoisotopic (exact) mass is 604 g/mol. The molecule has 1 N–H and O–H groups in total. The summed E-state index contributed by atoms with van der Waals surface area (Å²) in [6.45, 7) is 10.2. The third-order valence-corrected chi connectivity index (χ3v) is 8.71. The summed E-state index contributed by atoms with van der Waals surface area (Å²) in [5, 5.41) is 6.19. The molecule has 0 aliphatic carbocycles. The molecule has 1 aromatic heterocycles. The van der Waals surface area contributed by atoms with E-state index in [-0.39, 0.29) is 6.04 Å². The van der Waals surface area contributed by atoms with E-state index in [0.29, 0.717) is 0 Å². The summed E-state index contributed by atoms with van der Waals surface area (Å²) in [4.78, 5) is 17.4. The van der Waals surface area contributed by atoms with Crippen LogP contribution in [0.25, 0.3) is 10.9 Å². The van der Waals surface area contributed by atoms with E-state index in [1.807, 2.05) is 30.3 Å². The Kier molecular flexibility index (Phi) is 9.86. The maximum atomic E-state index is 6.22. The second-order valence-electron chi connectivity index (χ2n) is 11.1. The fourth-order valence-electron chi connectivity index (χ4n) is 5.95. The van der Waals surface area contributed by atoms with E-state index in [2.05, 4.69) is 62.5 Å². The Morgan fingerprint density at radius 1 is 0.738 bits per heavy atom. The van der Waals surface area contributed by atoms with Crippen molar-refractivity contribution in [3.8, 4) is 0 Å². The average Bonchev–Trinajstić information content (AvgIpc) is 3.02. The first kappa shape index (κ1) is 29.3. The van der Waals surface area contributed by atoms with E-state index in [9.17, 15) is 0 Å². The second-order valence-corrected chi connectivity index (χ2v) is 11.9. The van der Waals surface area contributed by atoms with Crippen molar-refractivity contribution in [3.63, 3.8) is 0 Å². The number of piperazine rings is 1. The highest BCUT2D eigenvalue weighted by Gasteiger charge is 2.27. The van der Waals surface area contributed by atoms with Crippen LogP contribution in [0.4, 0.5) is 5.82 Å². The molecule has 2 aliphatic rings. The molecule has 42 heavy (non-hydrogen) atoms. The molecular formula is C33H38Cl2N6O. The number of fused-ring (bicyclic) bond motifs is 1. The lowest BCUT2D eigenvalue weighted by atomic mass is 9.96. The van der Waals surface area contributed by atoms with Crippen LogP contribution in [0.1, 0.15) is 29.4 Å². The van der Waals surface area contributed by atoms with E-state index in [4.69, 9.17) is 37.9 Å². The summed E-state index contributed by atoms with van der Waals surface area (Å²) in [5.74, 6) is 1.80. The lowest BCUT2D eigenvalue weighted by Crippen LogP contribution is -2.47. The molecule has 2 fully saturated rings. The van der Waals surface area contributed by atoms with Gasteiger partial charge in [-0.2, -0.15) is 0 Å². The number of para-hydroxylation sites is 1. The topological polar surface area (TPSA) is 56.8 Å². The molecule has 0 radical (unpaired) electrons. The Balaban J connectivity index is 1.11. The van der Waals surface area contributed by atoms with E-state index in [0.717, 1.165) is 111 Å². The van der Waals surface area contributed by atoms with Crippen molar-refractivity contribution in [1.82, 2.24) is 24.7 Å². The highest BCUT2D eigenvalue weighted by molar-refractivity contribution is 6.30. The number of morpholine rings is 1. The summed E-state index contributed by atoms with van der Waals surface area (Å²) < 4.78 is 5.48. The molecule has 0 spiro atoms.